The maximum atomic E-state index is 9.85. The van der Waals surface area contributed by atoms with Gasteiger partial charge in [-0.05, 0) is 6.54 Å². The van der Waals surface area contributed by atoms with Gasteiger partial charge in [0, 0.05) is 0 Å². The Hall–Kier alpha value is 0.560. The van der Waals surface area contributed by atoms with Gasteiger partial charge in [0.1, 0.15) is 0 Å². The first-order chi connectivity index (χ1) is 8.83. The number of hydrogen-bond donors (Lipinski definition) is 9. The molecule has 0 heterocycles. The third-order valence-electron chi connectivity index (χ3n) is 0.737. The second-order valence-electron chi connectivity index (χ2n) is 3.35. The van der Waals surface area contributed by atoms with Gasteiger partial charge in [0.15, 0.2) is 11.8 Å². The molecule has 0 fully saturated rings. The first-order valence-electron chi connectivity index (χ1n) is 4.71. The number of rotatable bonds is 4. The molecule has 0 aliphatic heterocycles. The van der Waals surface area contributed by atoms with E-state index in [4.69, 9.17) is 44.9 Å². The summed E-state index contributed by atoms with van der Waals surface area (Å²) in [5.41, 5.74) is 4.85. The molecular formula is C4H19NO12P4. The average Bonchev–Trinajstić information content (AvgIpc) is 1.88. The van der Waals surface area contributed by atoms with Crippen LogP contribution in [0.5, 0.6) is 0 Å². The zero-order chi connectivity index (χ0) is 18.1. The Morgan fingerprint density at radius 1 is 0.619 bits per heavy atom. The van der Waals surface area contributed by atoms with E-state index >= 15 is 0 Å². The Morgan fingerprint density at radius 3 is 0.714 bits per heavy atom. The largest absolute Gasteiger partial charge is 0.337 e. The van der Waals surface area contributed by atoms with Crippen molar-refractivity contribution in [3.05, 3.63) is 0 Å². The van der Waals surface area contributed by atoms with E-state index in [1.165, 1.54) is 0 Å². The van der Waals surface area contributed by atoms with Crippen LogP contribution >= 0.6 is 30.4 Å². The smallest absolute Gasteiger partial charge is 0.331 e. The highest BCUT2D eigenvalue weighted by molar-refractivity contribution is 7.69. The Kier molecular flexibility index (Phi) is 13.0. The van der Waals surface area contributed by atoms with Crippen molar-refractivity contribution in [2.24, 2.45) is 5.73 Å². The van der Waals surface area contributed by atoms with Gasteiger partial charge in [-0.25, -0.2) is 0 Å². The molecule has 0 aromatic heterocycles. The molecule has 0 atom stereocenters. The molecule has 0 saturated heterocycles. The molecule has 0 aliphatic carbocycles. The van der Waals surface area contributed by atoms with Crippen LogP contribution in [-0.4, -0.2) is 57.5 Å². The molecule has 0 bridgehead atoms. The molecule has 21 heavy (non-hydrogen) atoms. The fourth-order valence-corrected chi connectivity index (χ4v) is 4.32. The predicted molar refractivity (Wildman–Crippen MR) is 72.6 cm³/mol. The van der Waals surface area contributed by atoms with Gasteiger partial charge in [0.25, 0.3) is 0 Å². The maximum Gasteiger partial charge on any atom is 0.337 e. The summed E-state index contributed by atoms with van der Waals surface area (Å²) >= 11 is 0. The van der Waals surface area contributed by atoms with Gasteiger partial charge in [-0.2, -0.15) is 0 Å². The first kappa shape index (κ1) is 26.5. The summed E-state index contributed by atoms with van der Waals surface area (Å²) in [4.78, 5) is 63.8. The summed E-state index contributed by atoms with van der Waals surface area (Å²) < 4.78 is 39.4. The summed E-state index contributed by atoms with van der Waals surface area (Å²) in [5.74, 6) is -2.75. The minimum Gasteiger partial charge on any atom is -0.331 e. The Bertz CT molecular complexity index is 370. The van der Waals surface area contributed by atoms with Crippen molar-refractivity contribution >= 4 is 30.4 Å². The highest BCUT2D eigenvalue weighted by atomic mass is 31.2. The third-order valence-corrected chi connectivity index (χ3v) is 6.63. The molecule has 0 spiro atoms. The van der Waals surface area contributed by atoms with Gasteiger partial charge in [-0.1, -0.05) is 6.92 Å². The van der Waals surface area contributed by atoms with E-state index in [1.807, 2.05) is 6.92 Å². The lowest BCUT2D eigenvalue weighted by Crippen LogP contribution is -1.88. The lowest BCUT2D eigenvalue weighted by Gasteiger charge is -2.03. The number of hydrogen-bond acceptors (Lipinski definition) is 5. The normalized spacial score (nSPS) is 12.7. The van der Waals surface area contributed by atoms with Gasteiger partial charge < -0.3 is 44.9 Å². The van der Waals surface area contributed by atoms with E-state index in [0.717, 1.165) is 6.54 Å². The molecular weight excluding hydrogens is 378 g/mol. The van der Waals surface area contributed by atoms with E-state index in [2.05, 4.69) is 0 Å². The van der Waals surface area contributed by atoms with Crippen molar-refractivity contribution in [2.45, 2.75) is 6.92 Å². The Morgan fingerprint density at radius 2 is 0.714 bits per heavy atom. The second-order valence-corrected chi connectivity index (χ2v) is 10.9. The Balaban J connectivity index is -0.000000260. The van der Waals surface area contributed by atoms with Crippen molar-refractivity contribution < 1.29 is 57.4 Å². The zero-order valence-corrected chi connectivity index (χ0v) is 14.3. The van der Waals surface area contributed by atoms with Crippen LogP contribution in [0.2, 0.25) is 0 Å². The van der Waals surface area contributed by atoms with Crippen molar-refractivity contribution in [1.29, 1.82) is 0 Å². The van der Waals surface area contributed by atoms with Crippen molar-refractivity contribution in [1.82, 2.24) is 0 Å². The van der Waals surface area contributed by atoms with Gasteiger partial charge in [-0.15, -0.1) is 0 Å². The summed E-state index contributed by atoms with van der Waals surface area (Å²) in [6.07, 6.45) is 0. The van der Waals surface area contributed by atoms with E-state index in [9.17, 15) is 18.3 Å². The van der Waals surface area contributed by atoms with Crippen molar-refractivity contribution in [3.8, 4) is 0 Å². The lowest BCUT2D eigenvalue weighted by molar-refractivity contribution is 0.352. The molecule has 0 amide bonds. The van der Waals surface area contributed by atoms with Crippen LogP contribution in [0, 0.1) is 0 Å². The second kappa shape index (κ2) is 10.4. The maximum absolute atomic E-state index is 9.85. The van der Waals surface area contributed by atoms with Crippen LogP contribution in [0.25, 0.3) is 0 Å². The summed E-state index contributed by atoms with van der Waals surface area (Å²) in [5, 5.41) is 0. The van der Waals surface area contributed by atoms with Crippen LogP contribution in [-0.2, 0) is 18.3 Å². The van der Waals surface area contributed by atoms with Gasteiger partial charge in [0.2, 0.25) is 0 Å². The van der Waals surface area contributed by atoms with E-state index in [-0.39, 0.29) is 0 Å². The molecule has 0 unspecified atom stereocenters. The molecule has 0 aliphatic rings. The van der Waals surface area contributed by atoms with Crippen LogP contribution in [0.15, 0.2) is 0 Å². The topological polar surface area (TPSA) is 256 Å². The monoisotopic (exact) mass is 397 g/mol. The Labute approximate surface area is 119 Å². The zero-order valence-electron chi connectivity index (χ0n) is 10.7. The molecule has 13 nitrogen and oxygen atoms in total. The number of nitrogens with two attached hydrogens (primary N) is 1. The highest BCUT2D eigenvalue weighted by Gasteiger charge is 2.27. The SMILES string of the molecule is CCN.O=P(O)(O)CP(=O)(O)O.O=P(O)(O)CP(=O)(O)O. The standard InChI is InChI=1S/C2H7N.2CH6O6P2/c1-2-3;2*2-8(3,4)1-9(5,6)7/h2-3H2,1H3;2*1H2,(H2,2,3,4)(H2,5,6,7). The molecule has 0 aromatic carbocycles. The van der Waals surface area contributed by atoms with E-state index in [1.54, 1.807) is 0 Å². The highest BCUT2D eigenvalue weighted by Crippen LogP contribution is 2.52. The minimum atomic E-state index is -4.55. The quantitative estimate of drug-likeness (QED) is 0.247. The lowest BCUT2D eigenvalue weighted by atomic mass is 10.8. The minimum absolute atomic E-state index is 0.750. The molecule has 17 heteroatoms. The molecule has 132 valence electrons. The molecule has 0 rings (SSSR count). The van der Waals surface area contributed by atoms with Crippen LogP contribution < -0.4 is 5.73 Å². The fourth-order valence-electron chi connectivity index (χ4n) is 0.480. The van der Waals surface area contributed by atoms with E-state index < -0.39 is 42.2 Å². The molecule has 0 radical (unpaired) electrons. The summed E-state index contributed by atoms with van der Waals surface area (Å²) in [7, 11) is -18.2. The third kappa shape index (κ3) is 44.9. The van der Waals surface area contributed by atoms with Crippen molar-refractivity contribution in [3.63, 3.8) is 0 Å². The van der Waals surface area contributed by atoms with Gasteiger partial charge >= 0.3 is 30.4 Å². The van der Waals surface area contributed by atoms with Gasteiger partial charge in [0.05, 0.1) is 0 Å². The van der Waals surface area contributed by atoms with Crippen molar-refractivity contribution in [2.75, 3.05) is 18.4 Å². The van der Waals surface area contributed by atoms with Gasteiger partial charge in [-0.3, -0.25) is 18.3 Å². The summed E-state index contributed by atoms with van der Waals surface area (Å²) in [6.45, 7) is 2.65. The average molecular weight is 397 g/mol. The van der Waals surface area contributed by atoms with Crippen LogP contribution in [0.3, 0.4) is 0 Å². The fraction of sp³-hybridized carbons (Fsp3) is 1.00. The summed E-state index contributed by atoms with van der Waals surface area (Å²) in [6, 6.07) is 0. The molecule has 10 N–H and O–H groups in total. The molecule has 0 aromatic rings. The van der Waals surface area contributed by atoms with Crippen LogP contribution in [0.1, 0.15) is 6.92 Å². The molecule has 0 saturated carbocycles. The predicted octanol–water partition coefficient (Wildman–Crippen LogP) is -1.44. The van der Waals surface area contributed by atoms with Crippen LogP contribution in [0.4, 0.5) is 0 Å². The first-order valence-corrected chi connectivity index (χ1v) is 11.9. The van der Waals surface area contributed by atoms with E-state index in [0.29, 0.717) is 0 Å².